The highest BCUT2D eigenvalue weighted by Crippen LogP contribution is 2.18. The van der Waals surface area contributed by atoms with E-state index in [-0.39, 0.29) is 12.4 Å². The van der Waals surface area contributed by atoms with E-state index in [1.165, 1.54) is 0 Å². The minimum Gasteiger partial charge on any atom is -0.485 e. The van der Waals surface area contributed by atoms with Crippen molar-refractivity contribution in [1.82, 2.24) is 20.5 Å². The number of amides is 3. The molecule has 0 fully saturated rings. The Hall–Kier alpha value is -3.33. The number of aromatic nitrogens is 3. The van der Waals surface area contributed by atoms with Gasteiger partial charge >= 0.3 is 6.03 Å². The summed E-state index contributed by atoms with van der Waals surface area (Å²) in [7, 11) is 0. The summed E-state index contributed by atoms with van der Waals surface area (Å²) in [6.45, 7) is 2.20. The average molecular weight is 397 g/mol. The summed E-state index contributed by atoms with van der Waals surface area (Å²) in [4.78, 5) is 27.9. The lowest BCUT2D eigenvalue weighted by Crippen LogP contribution is -2.35. The van der Waals surface area contributed by atoms with Crippen molar-refractivity contribution < 1.29 is 14.3 Å². The van der Waals surface area contributed by atoms with Gasteiger partial charge in [0.25, 0.3) is 0 Å². The Balaban J connectivity index is 1.42. The number of thioether (sulfide) groups is 1. The SMILES string of the molecule is Cc1ccccc1OCc1nc(SCC(=O)NC(=O)Nc2ccccc2)n[nH]1. The van der Waals surface area contributed by atoms with Crippen LogP contribution in [0.4, 0.5) is 10.5 Å². The van der Waals surface area contributed by atoms with Gasteiger partial charge in [0.1, 0.15) is 12.4 Å². The maximum absolute atomic E-state index is 11.9. The van der Waals surface area contributed by atoms with Crippen LogP contribution >= 0.6 is 11.8 Å². The number of ether oxygens (including phenoxy) is 1. The second-order valence-electron chi connectivity index (χ2n) is 5.78. The summed E-state index contributed by atoms with van der Waals surface area (Å²) in [5.41, 5.74) is 1.63. The van der Waals surface area contributed by atoms with Gasteiger partial charge in [-0.2, -0.15) is 0 Å². The van der Waals surface area contributed by atoms with Crippen LogP contribution < -0.4 is 15.4 Å². The number of aryl methyl sites for hydroxylation is 1. The third-order valence-electron chi connectivity index (χ3n) is 3.59. The number of hydrogen-bond acceptors (Lipinski definition) is 6. The first kappa shape index (κ1) is 19.4. The number of benzene rings is 2. The fourth-order valence-corrected chi connectivity index (χ4v) is 2.87. The Kier molecular flexibility index (Phi) is 6.64. The first-order valence-corrected chi connectivity index (χ1v) is 9.47. The van der Waals surface area contributed by atoms with Crippen molar-refractivity contribution in [1.29, 1.82) is 0 Å². The molecule has 0 aliphatic carbocycles. The minimum atomic E-state index is -0.584. The number of urea groups is 1. The molecule has 144 valence electrons. The predicted octanol–water partition coefficient (Wildman–Crippen LogP) is 3.13. The second-order valence-corrected chi connectivity index (χ2v) is 6.72. The van der Waals surface area contributed by atoms with Gasteiger partial charge in [-0.25, -0.2) is 9.78 Å². The Morgan fingerprint density at radius 1 is 1.11 bits per heavy atom. The Morgan fingerprint density at radius 2 is 1.86 bits per heavy atom. The Bertz CT molecular complexity index is 946. The van der Waals surface area contributed by atoms with Gasteiger partial charge in [0.2, 0.25) is 11.1 Å². The zero-order valence-electron chi connectivity index (χ0n) is 15.1. The summed E-state index contributed by atoms with van der Waals surface area (Å²) in [5.74, 6) is 0.892. The van der Waals surface area contributed by atoms with E-state index < -0.39 is 11.9 Å². The monoisotopic (exact) mass is 397 g/mol. The van der Waals surface area contributed by atoms with Crippen LogP contribution in [-0.2, 0) is 11.4 Å². The van der Waals surface area contributed by atoms with Crippen molar-refractivity contribution in [2.45, 2.75) is 18.7 Å². The van der Waals surface area contributed by atoms with E-state index in [0.29, 0.717) is 16.7 Å². The maximum atomic E-state index is 11.9. The summed E-state index contributed by atoms with van der Waals surface area (Å²) < 4.78 is 5.70. The number of anilines is 1. The average Bonchev–Trinajstić information content (AvgIpc) is 3.14. The summed E-state index contributed by atoms with van der Waals surface area (Å²) in [5, 5.41) is 12.1. The molecule has 0 saturated carbocycles. The summed E-state index contributed by atoms with van der Waals surface area (Å²) >= 11 is 1.12. The smallest absolute Gasteiger partial charge is 0.325 e. The third kappa shape index (κ3) is 5.85. The van der Waals surface area contributed by atoms with Crippen LogP contribution in [-0.4, -0.2) is 32.9 Å². The van der Waals surface area contributed by atoms with Crippen molar-refractivity contribution in [3.8, 4) is 5.75 Å². The van der Waals surface area contributed by atoms with Gasteiger partial charge in [-0.3, -0.25) is 15.2 Å². The van der Waals surface area contributed by atoms with E-state index in [1.54, 1.807) is 24.3 Å². The van der Waals surface area contributed by atoms with Crippen LogP contribution in [0.2, 0.25) is 0 Å². The summed E-state index contributed by atoms with van der Waals surface area (Å²) in [6, 6.07) is 16.0. The Labute approximate surface area is 166 Å². The third-order valence-corrected chi connectivity index (χ3v) is 4.43. The molecule has 0 spiro atoms. The van der Waals surface area contributed by atoms with E-state index >= 15 is 0 Å². The topological polar surface area (TPSA) is 109 Å². The van der Waals surface area contributed by atoms with E-state index in [4.69, 9.17) is 4.74 Å². The van der Waals surface area contributed by atoms with Crippen molar-refractivity contribution in [3.05, 3.63) is 66.0 Å². The van der Waals surface area contributed by atoms with Gasteiger partial charge in [0, 0.05) is 5.69 Å². The van der Waals surface area contributed by atoms with Crippen molar-refractivity contribution in [3.63, 3.8) is 0 Å². The first-order chi connectivity index (χ1) is 13.6. The molecule has 9 heteroatoms. The highest BCUT2D eigenvalue weighted by Gasteiger charge is 2.11. The molecule has 3 amide bonds. The van der Waals surface area contributed by atoms with Gasteiger partial charge < -0.3 is 10.1 Å². The van der Waals surface area contributed by atoms with Crippen LogP contribution in [0, 0.1) is 6.92 Å². The molecule has 1 aromatic heterocycles. The second kappa shape index (κ2) is 9.56. The molecule has 0 unspecified atom stereocenters. The molecule has 0 atom stereocenters. The first-order valence-electron chi connectivity index (χ1n) is 8.48. The molecule has 0 aliphatic rings. The van der Waals surface area contributed by atoms with Crippen molar-refractivity contribution in [2.75, 3.05) is 11.1 Å². The number of nitrogens with zero attached hydrogens (tertiary/aromatic N) is 2. The lowest BCUT2D eigenvalue weighted by atomic mass is 10.2. The number of carbonyl (C=O) groups is 2. The lowest BCUT2D eigenvalue weighted by Gasteiger charge is -2.06. The molecule has 3 aromatic rings. The standard InChI is InChI=1S/C19H19N5O3S/c1-13-7-5-6-10-15(13)27-11-16-21-19(24-23-16)28-12-17(25)22-18(26)20-14-8-3-2-4-9-14/h2-10H,11-12H2,1H3,(H,21,23,24)(H2,20,22,25,26). The van der Waals surface area contributed by atoms with E-state index in [1.807, 2.05) is 37.3 Å². The molecule has 3 rings (SSSR count). The fraction of sp³-hybridized carbons (Fsp3) is 0.158. The van der Waals surface area contributed by atoms with Gasteiger partial charge in [-0.05, 0) is 30.7 Å². The molecule has 2 aromatic carbocycles. The van der Waals surface area contributed by atoms with Gasteiger partial charge in [0.15, 0.2) is 5.82 Å². The molecule has 28 heavy (non-hydrogen) atoms. The number of nitrogens with one attached hydrogen (secondary N) is 3. The molecule has 0 aliphatic heterocycles. The zero-order valence-corrected chi connectivity index (χ0v) is 16.0. The molecule has 3 N–H and O–H groups in total. The number of carbonyl (C=O) groups excluding carboxylic acids is 2. The zero-order chi connectivity index (χ0) is 19.8. The molecule has 1 heterocycles. The van der Waals surface area contributed by atoms with E-state index in [2.05, 4.69) is 25.8 Å². The molecular weight excluding hydrogens is 378 g/mol. The highest BCUT2D eigenvalue weighted by molar-refractivity contribution is 7.99. The number of para-hydroxylation sites is 2. The van der Waals surface area contributed by atoms with Gasteiger partial charge in [-0.1, -0.05) is 48.2 Å². The molecule has 8 nitrogen and oxygen atoms in total. The number of rotatable bonds is 7. The largest absolute Gasteiger partial charge is 0.485 e. The van der Waals surface area contributed by atoms with E-state index in [0.717, 1.165) is 23.1 Å². The van der Waals surface area contributed by atoms with E-state index in [9.17, 15) is 9.59 Å². The molecule has 0 bridgehead atoms. The molecule has 0 saturated heterocycles. The van der Waals surface area contributed by atoms with Crippen LogP contribution in [0.5, 0.6) is 5.75 Å². The minimum absolute atomic E-state index is 0.0121. The van der Waals surface area contributed by atoms with Gasteiger partial charge in [-0.15, -0.1) is 5.10 Å². The quantitative estimate of drug-likeness (QED) is 0.529. The number of aromatic amines is 1. The number of H-pyrrole nitrogens is 1. The normalized spacial score (nSPS) is 10.3. The number of imide groups is 1. The molecule has 0 radical (unpaired) electrons. The van der Waals surface area contributed by atoms with Gasteiger partial charge in [0.05, 0.1) is 5.75 Å². The lowest BCUT2D eigenvalue weighted by molar-refractivity contribution is -0.117. The highest BCUT2D eigenvalue weighted by atomic mass is 32.2. The van der Waals surface area contributed by atoms with Crippen LogP contribution in [0.25, 0.3) is 0 Å². The predicted molar refractivity (Wildman–Crippen MR) is 106 cm³/mol. The number of hydrogen-bond donors (Lipinski definition) is 3. The fourth-order valence-electron chi connectivity index (χ4n) is 2.25. The summed E-state index contributed by atoms with van der Waals surface area (Å²) in [6.07, 6.45) is 0. The van der Waals surface area contributed by atoms with Crippen LogP contribution in [0.15, 0.2) is 59.8 Å². The molecular formula is C19H19N5O3S. The maximum Gasteiger partial charge on any atom is 0.325 e. The van der Waals surface area contributed by atoms with Crippen LogP contribution in [0.3, 0.4) is 0 Å². The van der Waals surface area contributed by atoms with Crippen molar-refractivity contribution >= 4 is 29.4 Å². The van der Waals surface area contributed by atoms with Crippen LogP contribution in [0.1, 0.15) is 11.4 Å². The Morgan fingerprint density at radius 3 is 2.64 bits per heavy atom. The van der Waals surface area contributed by atoms with Crippen molar-refractivity contribution in [2.24, 2.45) is 0 Å².